The first kappa shape index (κ1) is 13.8. The van der Waals surface area contributed by atoms with E-state index in [-0.39, 0.29) is 0 Å². The number of aryl methyl sites for hydroxylation is 1. The lowest BCUT2D eigenvalue weighted by Crippen LogP contribution is -2.02. The van der Waals surface area contributed by atoms with Gasteiger partial charge in [-0.25, -0.2) is 0 Å². The van der Waals surface area contributed by atoms with Gasteiger partial charge in [0.2, 0.25) is 0 Å². The second kappa shape index (κ2) is 6.06. The number of hydrogen-bond donors (Lipinski definition) is 1. The van der Waals surface area contributed by atoms with E-state index in [1.54, 1.807) is 6.20 Å². The number of nitrogens with zero attached hydrogens (tertiary/aromatic N) is 1. The average Bonchev–Trinajstić information content (AvgIpc) is 2.54. The number of aliphatic hydroxyl groups excluding tert-OH is 1. The molecule has 3 aromatic rings. The quantitative estimate of drug-likeness (QED) is 0.772. The van der Waals surface area contributed by atoms with Crippen LogP contribution >= 0.6 is 0 Å². The lowest BCUT2D eigenvalue weighted by molar-refractivity contribution is 0.221. The molecule has 1 N–H and O–H groups in total. The van der Waals surface area contributed by atoms with Gasteiger partial charge in [0.25, 0.3) is 0 Å². The molecule has 106 valence electrons. The van der Waals surface area contributed by atoms with Crippen LogP contribution in [0.1, 0.15) is 36.1 Å². The van der Waals surface area contributed by atoms with E-state index < -0.39 is 6.10 Å². The van der Waals surface area contributed by atoms with Gasteiger partial charge in [0.05, 0.1) is 0 Å². The van der Waals surface area contributed by atoms with Crippen molar-refractivity contribution in [2.24, 2.45) is 0 Å². The summed E-state index contributed by atoms with van der Waals surface area (Å²) in [7, 11) is 0. The predicted molar refractivity (Wildman–Crippen MR) is 86.2 cm³/mol. The minimum Gasteiger partial charge on any atom is -0.384 e. The Morgan fingerprint density at radius 1 is 1.05 bits per heavy atom. The Hall–Kier alpha value is -2.19. The molecule has 0 spiro atoms. The SMILES string of the molecule is CCCc1cccc(C(O)c2cncc3ccccc23)c1. The molecule has 0 amide bonds. The lowest BCUT2D eigenvalue weighted by Gasteiger charge is -2.14. The second-order valence-electron chi connectivity index (χ2n) is 5.35. The van der Waals surface area contributed by atoms with Crippen LogP contribution in [-0.4, -0.2) is 10.1 Å². The molecule has 1 aromatic heterocycles. The Kier molecular flexibility index (Phi) is 3.98. The van der Waals surface area contributed by atoms with Crippen molar-refractivity contribution in [1.29, 1.82) is 0 Å². The highest BCUT2D eigenvalue weighted by molar-refractivity contribution is 5.85. The standard InChI is InChI=1S/C19H19NO/c1-2-6-14-7-5-9-15(11-14)19(21)18-13-20-12-16-8-3-4-10-17(16)18/h3-5,7-13,19,21H,2,6H2,1H3. The van der Waals surface area contributed by atoms with Gasteiger partial charge in [-0.1, -0.05) is 61.9 Å². The molecule has 0 aliphatic rings. The monoisotopic (exact) mass is 277 g/mol. The molecule has 1 unspecified atom stereocenters. The van der Waals surface area contributed by atoms with Crippen molar-refractivity contribution in [3.8, 4) is 0 Å². The third-order valence-corrected chi connectivity index (χ3v) is 3.80. The summed E-state index contributed by atoms with van der Waals surface area (Å²) in [5, 5.41) is 12.9. The van der Waals surface area contributed by atoms with Crippen molar-refractivity contribution >= 4 is 10.8 Å². The normalized spacial score (nSPS) is 12.5. The van der Waals surface area contributed by atoms with Crippen LogP contribution in [0, 0.1) is 0 Å². The van der Waals surface area contributed by atoms with Gasteiger partial charge in [0.1, 0.15) is 6.10 Å². The number of benzene rings is 2. The highest BCUT2D eigenvalue weighted by atomic mass is 16.3. The van der Waals surface area contributed by atoms with E-state index >= 15 is 0 Å². The van der Waals surface area contributed by atoms with Crippen LogP contribution in [-0.2, 0) is 6.42 Å². The second-order valence-corrected chi connectivity index (χ2v) is 5.35. The van der Waals surface area contributed by atoms with Crippen LogP contribution in [0.25, 0.3) is 10.8 Å². The molecule has 0 aliphatic carbocycles. The maximum Gasteiger partial charge on any atom is 0.106 e. The van der Waals surface area contributed by atoms with Crippen molar-refractivity contribution < 1.29 is 5.11 Å². The summed E-state index contributed by atoms with van der Waals surface area (Å²) in [6, 6.07) is 16.2. The molecule has 1 heterocycles. The summed E-state index contributed by atoms with van der Waals surface area (Å²) in [5.74, 6) is 0. The first-order valence-corrected chi connectivity index (χ1v) is 7.39. The molecule has 21 heavy (non-hydrogen) atoms. The molecule has 0 fully saturated rings. The van der Waals surface area contributed by atoms with E-state index in [9.17, 15) is 5.11 Å². The van der Waals surface area contributed by atoms with Crippen molar-refractivity contribution in [1.82, 2.24) is 4.98 Å². The summed E-state index contributed by atoms with van der Waals surface area (Å²) in [4.78, 5) is 4.26. The minimum absolute atomic E-state index is 0.639. The Morgan fingerprint density at radius 2 is 1.90 bits per heavy atom. The Bertz CT molecular complexity index is 746. The van der Waals surface area contributed by atoms with Crippen LogP contribution in [0.5, 0.6) is 0 Å². The van der Waals surface area contributed by atoms with Crippen molar-refractivity contribution in [2.45, 2.75) is 25.9 Å². The van der Waals surface area contributed by atoms with Crippen molar-refractivity contribution in [3.05, 3.63) is 77.6 Å². The molecular formula is C19H19NO. The van der Waals surface area contributed by atoms with Crippen LogP contribution in [0.4, 0.5) is 0 Å². The Labute approximate surface area is 125 Å². The summed E-state index contributed by atoms with van der Waals surface area (Å²) >= 11 is 0. The van der Waals surface area contributed by atoms with Gasteiger partial charge in [0, 0.05) is 23.3 Å². The molecule has 0 saturated carbocycles. The molecule has 0 radical (unpaired) electrons. The zero-order valence-corrected chi connectivity index (χ0v) is 12.2. The lowest BCUT2D eigenvalue weighted by atomic mass is 9.96. The fourth-order valence-electron chi connectivity index (χ4n) is 2.74. The molecule has 3 rings (SSSR count). The fraction of sp³-hybridized carbons (Fsp3) is 0.211. The Balaban J connectivity index is 2.04. The highest BCUT2D eigenvalue weighted by Gasteiger charge is 2.14. The molecule has 0 saturated heterocycles. The molecule has 2 heteroatoms. The molecule has 1 atom stereocenters. The summed E-state index contributed by atoms with van der Waals surface area (Å²) in [6.45, 7) is 2.16. The van der Waals surface area contributed by atoms with E-state index in [1.165, 1.54) is 5.56 Å². The maximum absolute atomic E-state index is 10.7. The van der Waals surface area contributed by atoms with E-state index in [0.29, 0.717) is 0 Å². The van der Waals surface area contributed by atoms with Crippen molar-refractivity contribution in [3.63, 3.8) is 0 Å². The van der Waals surface area contributed by atoms with Gasteiger partial charge in [0.15, 0.2) is 0 Å². The molecule has 0 bridgehead atoms. The molecular weight excluding hydrogens is 258 g/mol. The van der Waals surface area contributed by atoms with Gasteiger partial charge in [-0.2, -0.15) is 0 Å². The maximum atomic E-state index is 10.7. The zero-order chi connectivity index (χ0) is 14.7. The molecule has 2 aromatic carbocycles. The van der Waals surface area contributed by atoms with Crippen LogP contribution in [0.2, 0.25) is 0 Å². The first-order valence-electron chi connectivity index (χ1n) is 7.39. The van der Waals surface area contributed by atoms with E-state index in [4.69, 9.17) is 0 Å². The van der Waals surface area contributed by atoms with Gasteiger partial charge in [-0.3, -0.25) is 4.98 Å². The summed E-state index contributed by atoms with van der Waals surface area (Å²) in [5.41, 5.74) is 3.06. The smallest absolute Gasteiger partial charge is 0.106 e. The fourth-order valence-corrected chi connectivity index (χ4v) is 2.74. The van der Waals surface area contributed by atoms with E-state index in [1.807, 2.05) is 42.6 Å². The van der Waals surface area contributed by atoms with Gasteiger partial charge >= 0.3 is 0 Å². The third-order valence-electron chi connectivity index (χ3n) is 3.80. The number of rotatable bonds is 4. The number of hydrogen-bond acceptors (Lipinski definition) is 2. The van der Waals surface area contributed by atoms with E-state index in [2.05, 4.69) is 24.0 Å². The number of aliphatic hydroxyl groups is 1. The topological polar surface area (TPSA) is 33.1 Å². The largest absolute Gasteiger partial charge is 0.384 e. The summed E-state index contributed by atoms with van der Waals surface area (Å²) in [6.07, 6.45) is 5.10. The molecule has 2 nitrogen and oxygen atoms in total. The zero-order valence-electron chi connectivity index (χ0n) is 12.2. The predicted octanol–water partition coefficient (Wildman–Crippen LogP) is 4.27. The number of fused-ring (bicyclic) bond motifs is 1. The van der Waals surface area contributed by atoms with Crippen LogP contribution < -0.4 is 0 Å². The first-order chi connectivity index (χ1) is 10.3. The number of pyridine rings is 1. The highest BCUT2D eigenvalue weighted by Crippen LogP contribution is 2.28. The van der Waals surface area contributed by atoms with Gasteiger partial charge < -0.3 is 5.11 Å². The minimum atomic E-state index is -0.639. The van der Waals surface area contributed by atoms with Gasteiger partial charge in [-0.05, 0) is 22.9 Å². The van der Waals surface area contributed by atoms with Gasteiger partial charge in [-0.15, -0.1) is 0 Å². The average molecular weight is 277 g/mol. The molecule has 0 aliphatic heterocycles. The number of aromatic nitrogens is 1. The van der Waals surface area contributed by atoms with Crippen LogP contribution in [0.15, 0.2) is 60.9 Å². The summed E-state index contributed by atoms with van der Waals surface area (Å²) < 4.78 is 0. The third kappa shape index (κ3) is 2.81. The van der Waals surface area contributed by atoms with Crippen LogP contribution in [0.3, 0.4) is 0 Å². The van der Waals surface area contributed by atoms with E-state index in [0.717, 1.165) is 34.7 Å². The van der Waals surface area contributed by atoms with Crippen molar-refractivity contribution in [2.75, 3.05) is 0 Å². The Morgan fingerprint density at radius 3 is 2.76 bits per heavy atom.